The molecule has 0 unspecified atom stereocenters. The van der Waals surface area contributed by atoms with Crippen molar-refractivity contribution in [2.24, 2.45) is 5.10 Å². The molecule has 9 heteroatoms. The number of ether oxygens (including phenoxy) is 2. The summed E-state index contributed by atoms with van der Waals surface area (Å²) in [4.78, 5) is 5.72. The highest BCUT2D eigenvalue weighted by atomic mass is 35.5. The highest BCUT2D eigenvalue weighted by molar-refractivity contribution is 6.31. The molecule has 30 heavy (non-hydrogen) atoms. The van der Waals surface area contributed by atoms with E-state index in [0.717, 1.165) is 5.28 Å². The molecule has 3 aromatic rings. The smallest absolute Gasteiger partial charge is 0.247 e. The molecular weight excluding hydrogens is 449 g/mol. The first-order chi connectivity index (χ1) is 14.5. The van der Waals surface area contributed by atoms with E-state index >= 15 is 0 Å². The molecule has 0 spiro atoms. The Balaban J connectivity index is 1.56. The summed E-state index contributed by atoms with van der Waals surface area (Å²) in [6, 6.07) is 20.6. The number of hydrogen-bond donors (Lipinski definition) is 1. The molecule has 0 aromatic heterocycles. The molecule has 6 nitrogen and oxygen atoms in total. The monoisotopic (exact) mass is 461 g/mol. The van der Waals surface area contributed by atoms with E-state index in [4.69, 9.17) is 49.1 Å². The van der Waals surface area contributed by atoms with Crippen LogP contribution in [-0.2, 0) is 0 Å². The van der Waals surface area contributed by atoms with Gasteiger partial charge in [-0.15, -0.1) is 0 Å². The molecule has 0 saturated carbocycles. The summed E-state index contributed by atoms with van der Waals surface area (Å²) in [6.45, 7) is 0. The van der Waals surface area contributed by atoms with Gasteiger partial charge >= 0.3 is 0 Å². The van der Waals surface area contributed by atoms with Crippen LogP contribution < -0.4 is 19.7 Å². The van der Waals surface area contributed by atoms with Crippen molar-refractivity contribution in [1.29, 1.82) is 0 Å². The van der Waals surface area contributed by atoms with E-state index < -0.39 is 0 Å². The van der Waals surface area contributed by atoms with E-state index in [1.807, 2.05) is 0 Å². The summed E-state index contributed by atoms with van der Waals surface area (Å²) >= 11 is 17.8. The number of hydrogen-bond acceptors (Lipinski definition) is 6. The molecule has 0 fully saturated rings. The molecule has 0 saturated heterocycles. The van der Waals surface area contributed by atoms with Gasteiger partial charge in [0.05, 0.1) is 6.08 Å². The molecule has 1 aliphatic heterocycles. The van der Waals surface area contributed by atoms with Crippen LogP contribution in [0.4, 0.5) is 0 Å². The Kier molecular flexibility index (Phi) is 6.18. The highest BCUT2D eigenvalue weighted by Crippen LogP contribution is 2.22. The van der Waals surface area contributed by atoms with E-state index in [1.165, 1.54) is 0 Å². The second kappa shape index (κ2) is 9.17. The zero-order valence-corrected chi connectivity index (χ0v) is 17.5. The molecule has 1 N–H and O–H groups in total. The van der Waals surface area contributed by atoms with Gasteiger partial charge in [0.25, 0.3) is 0 Å². The van der Waals surface area contributed by atoms with Gasteiger partial charge in [0.2, 0.25) is 11.8 Å². The van der Waals surface area contributed by atoms with Gasteiger partial charge in [-0.05, 0) is 78.1 Å². The lowest BCUT2D eigenvalue weighted by Crippen LogP contribution is -2.42. The van der Waals surface area contributed by atoms with Crippen molar-refractivity contribution in [2.75, 3.05) is 0 Å². The van der Waals surface area contributed by atoms with Gasteiger partial charge in [-0.1, -0.05) is 39.9 Å². The summed E-state index contributed by atoms with van der Waals surface area (Å²) in [7, 11) is 0. The van der Waals surface area contributed by atoms with Crippen molar-refractivity contribution in [3.05, 3.63) is 99.8 Å². The Labute approximate surface area is 187 Å². The van der Waals surface area contributed by atoms with Crippen LogP contribution in [0.5, 0.6) is 17.2 Å². The maximum absolute atomic E-state index is 5.93. The second-order valence-corrected chi connectivity index (χ2v) is 7.30. The normalized spacial score (nSPS) is 13.1. The zero-order valence-electron chi connectivity index (χ0n) is 15.3. The van der Waals surface area contributed by atoms with E-state index in [9.17, 15) is 0 Å². The summed E-state index contributed by atoms with van der Waals surface area (Å²) in [5, 5.41) is 7.20. The Bertz CT molecular complexity index is 1070. The lowest BCUT2D eigenvalue weighted by molar-refractivity contribution is -0.107. The average Bonchev–Trinajstić information content (AvgIpc) is 2.73. The minimum Gasteiger partial charge on any atom is -0.439 e. The van der Waals surface area contributed by atoms with Gasteiger partial charge in [-0.25, -0.2) is 5.43 Å². The van der Waals surface area contributed by atoms with Gasteiger partial charge in [0.1, 0.15) is 11.5 Å². The molecule has 152 valence electrons. The van der Waals surface area contributed by atoms with Crippen LogP contribution in [0.15, 0.2) is 89.9 Å². The van der Waals surface area contributed by atoms with Crippen LogP contribution in [0.25, 0.3) is 0 Å². The van der Waals surface area contributed by atoms with E-state index in [2.05, 4.69) is 10.5 Å². The minimum absolute atomic E-state index is 0.231. The molecule has 0 atom stereocenters. The van der Waals surface area contributed by atoms with E-state index in [-0.39, 0.29) is 5.90 Å². The van der Waals surface area contributed by atoms with Crippen molar-refractivity contribution in [3.8, 4) is 17.2 Å². The largest absolute Gasteiger partial charge is 0.439 e. The first-order valence-electron chi connectivity index (χ1n) is 8.71. The van der Waals surface area contributed by atoms with E-state index in [1.54, 1.807) is 78.9 Å². The molecule has 0 amide bonds. The fourth-order valence-corrected chi connectivity index (χ4v) is 2.75. The summed E-state index contributed by atoms with van der Waals surface area (Å²) < 4.78 is 11.7. The zero-order chi connectivity index (χ0) is 20.9. The van der Waals surface area contributed by atoms with Crippen molar-refractivity contribution < 1.29 is 14.3 Å². The molecule has 4 rings (SSSR count). The predicted molar refractivity (Wildman–Crippen MR) is 117 cm³/mol. The Hall–Kier alpha value is -3.06. The fraction of sp³-hybridized carbons (Fsp3) is 0. The first-order valence-corrected chi connectivity index (χ1v) is 9.84. The number of benzene rings is 3. The van der Waals surface area contributed by atoms with Crippen molar-refractivity contribution in [3.63, 3.8) is 0 Å². The molecule has 0 aliphatic carbocycles. The Morgan fingerprint density at radius 3 is 1.63 bits per heavy atom. The minimum atomic E-state index is 0.231. The summed E-state index contributed by atoms with van der Waals surface area (Å²) in [5.74, 6) is 2.18. The molecule has 0 radical (unpaired) electrons. The standard InChI is InChI=1S/C21H14Cl3N3O3/c22-14-1-7-17(8-2-14)28-20-13-21(29-18-9-3-15(23)4-10-18)26-27(25-20)30-19-11-5-16(24)6-12-19/h1-13,25H. The molecular formula is C21H14Cl3N3O3. The Morgan fingerprint density at radius 2 is 1.10 bits per heavy atom. The number of hydrazine groups is 1. The van der Waals surface area contributed by atoms with Crippen LogP contribution in [-0.4, -0.2) is 11.2 Å². The highest BCUT2D eigenvalue weighted by Gasteiger charge is 2.18. The third-order valence-electron chi connectivity index (χ3n) is 3.73. The quantitative estimate of drug-likeness (QED) is 0.498. The number of nitrogens with zero attached hydrogens (tertiary/aromatic N) is 2. The van der Waals surface area contributed by atoms with Gasteiger partial charge in [-0.2, -0.15) is 0 Å². The number of rotatable bonds is 5. The number of hydrazone groups is 1. The van der Waals surface area contributed by atoms with Crippen LogP contribution in [0, 0.1) is 0 Å². The van der Waals surface area contributed by atoms with Gasteiger partial charge in [-0.3, -0.25) is 0 Å². The maximum atomic E-state index is 5.93. The third kappa shape index (κ3) is 5.51. The maximum Gasteiger partial charge on any atom is 0.247 e. The third-order valence-corrected chi connectivity index (χ3v) is 4.49. The lowest BCUT2D eigenvalue weighted by atomic mass is 10.3. The topological polar surface area (TPSA) is 55.3 Å². The fourth-order valence-electron chi connectivity index (χ4n) is 2.38. The second-order valence-electron chi connectivity index (χ2n) is 5.99. The van der Waals surface area contributed by atoms with Crippen LogP contribution in [0.1, 0.15) is 0 Å². The summed E-state index contributed by atoms with van der Waals surface area (Å²) in [5.41, 5.74) is 2.90. The molecule has 1 heterocycles. The molecule has 0 bridgehead atoms. The number of halogens is 3. The van der Waals surface area contributed by atoms with Gasteiger partial charge in [0, 0.05) is 15.1 Å². The predicted octanol–water partition coefficient (Wildman–Crippen LogP) is 6.07. The van der Waals surface area contributed by atoms with E-state index in [0.29, 0.717) is 38.2 Å². The average molecular weight is 463 g/mol. The van der Waals surface area contributed by atoms with Crippen LogP contribution >= 0.6 is 34.8 Å². The molecule has 3 aromatic carbocycles. The van der Waals surface area contributed by atoms with Crippen LogP contribution in [0.3, 0.4) is 0 Å². The lowest BCUT2D eigenvalue weighted by Gasteiger charge is -2.25. The Morgan fingerprint density at radius 1 is 0.633 bits per heavy atom. The van der Waals surface area contributed by atoms with Crippen molar-refractivity contribution in [2.45, 2.75) is 0 Å². The first kappa shape index (κ1) is 20.2. The van der Waals surface area contributed by atoms with Crippen molar-refractivity contribution >= 4 is 40.7 Å². The van der Waals surface area contributed by atoms with Crippen LogP contribution in [0.2, 0.25) is 15.1 Å². The van der Waals surface area contributed by atoms with Gasteiger partial charge in [0.15, 0.2) is 5.75 Å². The summed E-state index contributed by atoms with van der Waals surface area (Å²) in [6.07, 6.45) is 1.59. The number of nitrogens with one attached hydrogen (secondary N) is 1. The van der Waals surface area contributed by atoms with Crippen molar-refractivity contribution in [1.82, 2.24) is 10.7 Å². The SMILES string of the molecule is Clc1ccc(OC2=CC(Oc3ccc(Cl)cc3)=NN(Oc3ccc(Cl)cc3)N2)cc1. The van der Waals surface area contributed by atoms with Gasteiger partial charge < -0.3 is 14.3 Å². The molecule has 1 aliphatic rings.